The highest BCUT2D eigenvalue weighted by Crippen LogP contribution is 2.31. The van der Waals surface area contributed by atoms with Crippen LogP contribution in [0.3, 0.4) is 0 Å². The Labute approximate surface area is 120 Å². The normalized spacial score (nSPS) is 19.2. The molecule has 2 atom stereocenters. The minimum absolute atomic E-state index is 0.499. The molecule has 1 aromatic rings. The van der Waals surface area contributed by atoms with Gasteiger partial charge >= 0.3 is 0 Å². The van der Waals surface area contributed by atoms with Crippen LogP contribution in [0.4, 0.5) is 5.69 Å². The third-order valence-corrected chi connectivity index (χ3v) is 4.00. The van der Waals surface area contributed by atoms with Gasteiger partial charge < -0.3 is 15.1 Å². The number of anilines is 1. The summed E-state index contributed by atoms with van der Waals surface area (Å²) in [6.45, 7) is 2.07. The molecule has 0 aliphatic carbocycles. The lowest BCUT2D eigenvalue weighted by Gasteiger charge is -2.32. The molecule has 1 fully saturated rings. The van der Waals surface area contributed by atoms with Gasteiger partial charge in [-0.3, -0.25) is 0 Å². The van der Waals surface area contributed by atoms with Crippen molar-refractivity contribution in [3.8, 4) is 0 Å². The van der Waals surface area contributed by atoms with E-state index in [1.807, 2.05) is 24.3 Å². The van der Waals surface area contributed by atoms with Crippen LogP contribution in [0.15, 0.2) is 24.3 Å². The number of aliphatic hydroxyl groups is 2. The first-order valence-corrected chi connectivity index (χ1v) is 7.68. The van der Waals surface area contributed by atoms with E-state index in [-0.39, 0.29) is 0 Å². The van der Waals surface area contributed by atoms with Gasteiger partial charge in [-0.15, -0.1) is 0 Å². The number of piperidine rings is 1. The summed E-state index contributed by atoms with van der Waals surface area (Å²) in [5.74, 6) is 0.574. The van der Waals surface area contributed by atoms with Crippen molar-refractivity contribution in [2.45, 2.75) is 37.9 Å². The maximum Gasteiger partial charge on any atom is 0.107 e. The molecule has 2 N–H and O–H groups in total. The molecule has 106 valence electrons. The second-order valence-corrected chi connectivity index (χ2v) is 5.58. The Hall–Kier alpha value is -0.710. The SMILES string of the molecule is OC(CCS)C(O)c1ccccc1N1CCCCC1. The lowest BCUT2D eigenvalue weighted by atomic mass is 9.99. The summed E-state index contributed by atoms with van der Waals surface area (Å²) in [4.78, 5) is 2.31. The van der Waals surface area contributed by atoms with E-state index >= 15 is 0 Å². The predicted octanol–water partition coefficient (Wildman–Crippen LogP) is 2.39. The predicted molar refractivity (Wildman–Crippen MR) is 81.9 cm³/mol. The molecule has 2 rings (SSSR count). The van der Waals surface area contributed by atoms with Crippen LogP contribution in [0.5, 0.6) is 0 Å². The first-order valence-electron chi connectivity index (χ1n) is 7.05. The lowest BCUT2D eigenvalue weighted by Crippen LogP contribution is -2.31. The smallest absolute Gasteiger partial charge is 0.107 e. The summed E-state index contributed by atoms with van der Waals surface area (Å²) in [5, 5.41) is 20.3. The highest BCUT2D eigenvalue weighted by atomic mass is 32.1. The number of benzene rings is 1. The van der Waals surface area contributed by atoms with Gasteiger partial charge in [0.25, 0.3) is 0 Å². The zero-order valence-corrected chi connectivity index (χ0v) is 12.1. The van der Waals surface area contributed by atoms with Gasteiger partial charge in [0.05, 0.1) is 6.10 Å². The molecule has 3 nitrogen and oxygen atoms in total. The maximum atomic E-state index is 10.3. The van der Waals surface area contributed by atoms with Crippen molar-refractivity contribution in [2.75, 3.05) is 23.7 Å². The number of para-hydroxylation sites is 1. The summed E-state index contributed by atoms with van der Waals surface area (Å²) in [6.07, 6.45) is 2.60. The quantitative estimate of drug-likeness (QED) is 0.726. The summed E-state index contributed by atoms with van der Waals surface area (Å²) >= 11 is 4.11. The van der Waals surface area contributed by atoms with Crippen molar-refractivity contribution in [1.82, 2.24) is 0 Å². The molecule has 4 heteroatoms. The average Bonchev–Trinajstić information content (AvgIpc) is 2.47. The number of rotatable bonds is 5. The van der Waals surface area contributed by atoms with Crippen LogP contribution in [0, 0.1) is 0 Å². The number of aliphatic hydroxyl groups excluding tert-OH is 2. The molecule has 0 spiro atoms. The molecule has 0 saturated carbocycles. The minimum Gasteiger partial charge on any atom is -0.390 e. The van der Waals surface area contributed by atoms with Crippen LogP contribution < -0.4 is 4.90 Å². The Balaban J connectivity index is 2.19. The van der Waals surface area contributed by atoms with Crippen molar-refractivity contribution < 1.29 is 10.2 Å². The van der Waals surface area contributed by atoms with Crippen LogP contribution in [-0.2, 0) is 0 Å². The largest absolute Gasteiger partial charge is 0.390 e. The van der Waals surface area contributed by atoms with E-state index in [4.69, 9.17) is 0 Å². The molecular formula is C15H23NO2S. The van der Waals surface area contributed by atoms with E-state index in [2.05, 4.69) is 17.5 Å². The molecule has 1 aromatic carbocycles. The zero-order valence-electron chi connectivity index (χ0n) is 11.2. The Bertz CT molecular complexity index is 393. The van der Waals surface area contributed by atoms with E-state index in [1.165, 1.54) is 19.3 Å². The van der Waals surface area contributed by atoms with Crippen LogP contribution >= 0.6 is 12.6 Å². The van der Waals surface area contributed by atoms with Crippen molar-refractivity contribution in [3.63, 3.8) is 0 Å². The molecule has 2 unspecified atom stereocenters. The fraction of sp³-hybridized carbons (Fsp3) is 0.600. The van der Waals surface area contributed by atoms with Gasteiger partial charge in [0.1, 0.15) is 6.10 Å². The van der Waals surface area contributed by atoms with E-state index in [0.717, 1.165) is 24.3 Å². The summed E-state index contributed by atoms with van der Waals surface area (Å²) < 4.78 is 0. The zero-order chi connectivity index (χ0) is 13.7. The number of hydrogen-bond donors (Lipinski definition) is 3. The van der Waals surface area contributed by atoms with Crippen LogP contribution in [0.25, 0.3) is 0 Å². The first-order chi connectivity index (χ1) is 9.24. The molecule has 19 heavy (non-hydrogen) atoms. The van der Waals surface area contributed by atoms with E-state index in [1.54, 1.807) is 0 Å². The van der Waals surface area contributed by atoms with E-state index < -0.39 is 12.2 Å². The van der Waals surface area contributed by atoms with Crippen molar-refractivity contribution >= 4 is 18.3 Å². The monoisotopic (exact) mass is 281 g/mol. The fourth-order valence-corrected chi connectivity index (χ4v) is 2.92. The summed E-state index contributed by atoms with van der Waals surface area (Å²) in [7, 11) is 0. The molecule has 1 heterocycles. The van der Waals surface area contributed by atoms with Gasteiger partial charge in [-0.05, 0) is 37.5 Å². The van der Waals surface area contributed by atoms with Gasteiger partial charge in [-0.1, -0.05) is 18.2 Å². The highest BCUT2D eigenvalue weighted by molar-refractivity contribution is 7.80. The minimum atomic E-state index is -0.828. The van der Waals surface area contributed by atoms with Gasteiger partial charge in [0.2, 0.25) is 0 Å². The van der Waals surface area contributed by atoms with Crippen LogP contribution in [-0.4, -0.2) is 35.2 Å². The van der Waals surface area contributed by atoms with Gasteiger partial charge in [0.15, 0.2) is 0 Å². The third kappa shape index (κ3) is 3.65. The van der Waals surface area contributed by atoms with E-state index in [0.29, 0.717) is 12.2 Å². The summed E-state index contributed by atoms with van der Waals surface area (Å²) in [6, 6.07) is 7.86. The molecule has 0 amide bonds. The second-order valence-electron chi connectivity index (χ2n) is 5.13. The number of hydrogen-bond acceptors (Lipinski definition) is 4. The fourth-order valence-electron chi connectivity index (χ4n) is 2.66. The van der Waals surface area contributed by atoms with Crippen molar-refractivity contribution in [1.29, 1.82) is 0 Å². The molecule has 1 aliphatic rings. The lowest BCUT2D eigenvalue weighted by molar-refractivity contribution is 0.0175. The second kappa shape index (κ2) is 7.17. The molecule has 1 aliphatic heterocycles. The van der Waals surface area contributed by atoms with Crippen LogP contribution in [0.2, 0.25) is 0 Å². The molecule has 0 bridgehead atoms. The Kier molecular flexibility index (Phi) is 5.55. The average molecular weight is 281 g/mol. The van der Waals surface area contributed by atoms with Gasteiger partial charge in [0, 0.05) is 24.3 Å². The maximum absolute atomic E-state index is 10.3. The third-order valence-electron chi connectivity index (χ3n) is 3.74. The van der Waals surface area contributed by atoms with Crippen molar-refractivity contribution in [3.05, 3.63) is 29.8 Å². The van der Waals surface area contributed by atoms with Crippen LogP contribution in [0.1, 0.15) is 37.4 Å². The number of nitrogens with zero attached hydrogens (tertiary/aromatic N) is 1. The Morgan fingerprint density at radius 2 is 1.79 bits per heavy atom. The van der Waals surface area contributed by atoms with Gasteiger partial charge in [-0.2, -0.15) is 12.6 Å². The molecule has 0 aromatic heterocycles. The Morgan fingerprint density at radius 1 is 1.11 bits per heavy atom. The molecular weight excluding hydrogens is 258 g/mol. The highest BCUT2D eigenvalue weighted by Gasteiger charge is 2.23. The van der Waals surface area contributed by atoms with Crippen molar-refractivity contribution in [2.24, 2.45) is 0 Å². The van der Waals surface area contributed by atoms with E-state index in [9.17, 15) is 10.2 Å². The van der Waals surface area contributed by atoms with Gasteiger partial charge in [-0.25, -0.2) is 0 Å². The number of thiol groups is 1. The first kappa shape index (κ1) is 14.7. The summed E-state index contributed by atoms with van der Waals surface area (Å²) in [5.41, 5.74) is 1.89. The molecule has 0 radical (unpaired) electrons. The Morgan fingerprint density at radius 3 is 2.47 bits per heavy atom. The molecule has 1 saturated heterocycles. The standard InChI is InChI=1S/C15H23NO2S/c17-14(8-11-19)15(18)12-6-2-3-7-13(12)16-9-4-1-5-10-16/h2-3,6-7,14-15,17-19H,1,4-5,8-11H2. The topological polar surface area (TPSA) is 43.7 Å².